The molecule has 4 nitrogen and oxygen atoms in total. The van der Waals surface area contributed by atoms with Crippen molar-refractivity contribution in [2.75, 3.05) is 26.3 Å². The largest absolute Gasteiger partial charge is 0.378 e. The summed E-state index contributed by atoms with van der Waals surface area (Å²) < 4.78 is 7.50. The molecule has 2 heterocycles. The molecule has 0 radical (unpaired) electrons. The first-order chi connectivity index (χ1) is 13.5. The Morgan fingerprint density at radius 1 is 1.14 bits per heavy atom. The van der Waals surface area contributed by atoms with Crippen LogP contribution in [0.2, 0.25) is 10.0 Å². The Morgan fingerprint density at radius 2 is 1.89 bits per heavy atom. The van der Waals surface area contributed by atoms with Crippen LogP contribution in [-0.4, -0.2) is 41.7 Å². The van der Waals surface area contributed by atoms with E-state index < -0.39 is 0 Å². The summed E-state index contributed by atoms with van der Waals surface area (Å²) in [5, 5.41) is 2.23. The summed E-state index contributed by atoms with van der Waals surface area (Å²) in [4.78, 5) is 14.7. The average molecular weight is 417 g/mol. The third-order valence-electron chi connectivity index (χ3n) is 5.48. The summed E-state index contributed by atoms with van der Waals surface area (Å²) in [5.74, 6) is -0.0703. The number of halogens is 2. The highest BCUT2D eigenvalue weighted by Crippen LogP contribution is 2.33. The quantitative estimate of drug-likeness (QED) is 0.610. The van der Waals surface area contributed by atoms with Gasteiger partial charge in [0.05, 0.1) is 23.8 Å². The number of rotatable bonds is 3. The molecule has 1 aliphatic heterocycles. The maximum Gasteiger partial charge on any atom is 0.255 e. The molecule has 0 spiro atoms. The van der Waals surface area contributed by atoms with E-state index in [1.165, 1.54) is 16.5 Å². The second-order valence-electron chi connectivity index (χ2n) is 7.17. The summed E-state index contributed by atoms with van der Waals surface area (Å²) in [6.45, 7) is 4.37. The van der Waals surface area contributed by atoms with Gasteiger partial charge in [0, 0.05) is 48.2 Å². The van der Waals surface area contributed by atoms with E-state index in [0.717, 1.165) is 11.3 Å². The molecule has 6 heteroatoms. The van der Waals surface area contributed by atoms with Gasteiger partial charge in [0.15, 0.2) is 0 Å². The zero-order valence-electron chi connectivity index (χ0n) is 16.0. The van der Waals surface area contributed by atoms with Crippen LogP contribution in [0, 0.1) is 6.92 Å². The lowest BCUT2D eigenvalue weighted by Gasteiger charge is -2.27. The summed E-state index contributed by atoms with van der Waals surface area (Å²) in [7, 11) is 2.04. The molecule has 2 aromatic carbocycles. The number of nitrogens with zero attached hydrogens (tertiary/aromatic N) is 2. The van der Waals surface area contributed by atoms with Crippen LogP contribution in [0.4, 0.5) is 0 Å². The highest BCUT2D eigenvalue weighted by molar-refractivity contribution is 6.38. The summed E-state index contributed by atoms with van der Waals surface area (Å²) >= 11 is 13.2. The minimum atomic E-state index is -0.0703. The van der Waals surface area contributed by atoms with Crippen LogP contribution < -0.4 is 0 Å². The van der Waals surface area contributed by atoms with Gasteiger partial charge in [-0.15, -0.1) is 0 Å². The fourth-order valence-electron chi connectivity index (χ4n) is 3.78. The first-order valence-corrected chi connectivity index (χ1v) is 10.1. The third-order valence-corrected chi connectivity index (χ3v) is 6.26. The molecule has 0 unspecified atom stereocenters. The number of ether oxygens (including phenoxy) is 1. The molecular weight excluding hydrogens is 395 g/mol. The van der Waals surface area contributed by atoms with Crippen molar-refractivity contribution in [1.29, 1.82) is 0 Å². The van der Waals surface area contributed by atoms with E-state index >= 15 is 0 Å². The maximum absolute atomic E-state index is 12.9. The molecule has 4 rings (SSSR count). The first-order valence-electron chi connectivity index (χ1n) is 9.35. The van der Waals surface area contributed by atoms with Crippen LogP contribution in [-0.2, 0) is 18.2 Å². The minimum absolute atomic E-state index is 0.0703. The van der Waals surface area contributed by atoms with Gasteiger partial charge in [-0.3, -0.25) is 4.79 Å². The zero-order chi connectivity index (χ0) is 19.8. The highest BCUT2D eigenvalue weighted by atomic mass is 35.5. The second kappa shape index (κ2) is 7.78. The zero-order valence-corrected chi connectivity index (χ0v) is 17.5. The Labute approximate surface area is 174 Å². The Morgan fingerprint density at radius 3 is 2.61 bits per heavy atom. The van der Waals surface area contributed by atoms with Crippen molar-refractivity contribution in [3.63, 3.8) is 0 Å². The number of carbonyl (C=O) groups excluding carboxylic acids is 1. The van der Waals surface area contributed by atoms with Crippen molar-refractivity contribution in [3.05, 3.63) is 68.8 Å². The molecule has 0 atom stereocenters. The molecule has 1 amide bonds. The predicted octanol–water partition coefficient (Wildman–Crippen LogP) is 4.86. The number of hydrogen-bond acceptors (Lipinski definition) is 2. The standard InChI is InChI=1S/C22H22Cl2N2O2/c1-14-4-3-5-20-17(14)12-15(25(20)2)13-18-19(23)7-6-16(21(18)24)22(27)26-8-10-28-11-9-26/h3-7,12H,8-11,13H2,1-2H3. The van der Waals surface area contributed by atoms with Crippen molar-refractivity contribution in [3.8, 4) is 0 Å². The third kappa shape index (κ3) is 3.41. The maximum atomic E-state index is 12.9. The van der Waals surface area contributed by atoms with E-state index in [-0.39, 0.29) is 5.91 Å². The first kappa shape index (κ1) is 19.3. The van der Waals surface area contributed by atoms with Gasteiger partial charge in [0.2, 0.25) is 0 Å². The molecule has 1 aliphatic rings. The van der Waals surface area contributed by atoms with E-state index in [0.29, 0.717) is 48.3 Å². The van der Waals surface area contributed by atoms with E-state index in [1.807, 2.05) is 7.05 Å². The van der Waals surface area contributed by atoms with Gasteiger partial charge in [0.25, 0.3) is 5.91 Å². The number of carbonyl (C=O) groups is 1. The summed E-state index contributed by atoms with van der Waals surface area (Å²) in [6, 6.07) is 11.9. The van der Waals surface area contributed by atoms with Crippen LogP contribution in [0.15, 0.2) is 36.4 Å². The fraction of sp³-hybridized carbons (Fsp3) is 0.318. The van der Waals surface area contributed by atoms with E-state index in [1.54, 1.807) is 17.0 Å². The molecule has 1 aromatic heterocycles. The average Bonchev–Trinajstić information content (AvgIpc) is 3.02. The summed E-state index contributed by atoms with van der Waals surface area (Å²) in [6.07, 6.45) is 0.562. The van der Waals surface area contributed by atoms with E-state index in [2.05, 4.69) is 35.8 Å². The molecule has 146 valence electrons. The van der Waals surface area contributed by atoms with Crippen molar-refractivity contribution in [2.24, 2.45) is 7.05 Å². The minimum Gasteiger partial charge on any atom is -0.378 e. The molecule has 0 aliphatic carbocycles. The number of aryl methyl sites for hydroxylation is 2. The Kier molecular flexibility index (Phi) is 5.37. The number of amides is 1. The van der Waals surface area contributed by atoms with Crippen LogP contribution in [0.1, 0.15) is 27.2 Å². The highest BCUT2D eigenvalue weighted by Gasteiger charge is 2.23. The molecule has 1 saturated heterocycles. The van der Waals surface area contributed by atoms with E-state index in [4.69, 9.17) is 27.9 Å². The Balaban J connectivity index is 1.71. The topological polar surface area (TPSA) is 34.5 Å². The van der Waals surface area contributed by atoms with Crippen LogP contribution in [0.5, 0.6) is 0 Å². The molecule has 0 N–H and O–H groups in total. The summed E-state index contributed by atoms with van der Waals surface area (Å²) in [5.41, 5.74) is 4.78. The van der Waals surface area contributed by atoms with Gasteiger partial charge < -0.3 is 14.2 Å². The van der Waals surface area contributed by atoms with Gasteiger partial charge >= 0.3 is 0 Å². The molecule has 28 heavy (non-hydrogen) atoms. The molecule has 0 saturated carbocycles. The number of aromatic nitrogens is 1. The van der Waals surface area contributed by atoms with Gasteiger partial charge in [-0.1, -0.05) is 35.3 Å². The normalized spacial score (nSPS) is 14.6. The van der Waals surface area contributed by atoms with Gasteiger partial charge in [-0.05, 0) is 42.3 Å². The molecule has 1 fully saturated rings. The SMILES string of the molecule is Cc1cccc2c1cc(Cc1c(Cl)ccc(C(=O)N3CCOCC3)c1Cl)n2C. The number of fused-ring (bicyclic) bond motifs is 1. The number of hydrogen-bond donors (Lipinski definition) is 0. The van der Waals surface area contributed by atoms with E-state index in [9.17, 15) is 4.79 Å². The second-order valence-corrected chi connectivity index (χ2v) is 7.96. The van der Waals surface area contributed by atoms with Crippen LogP contribution >= 0.6 is 23.2 Å². The number of morpholine rings is 1. The molecule has 3 aromatic rings. The fourth-order valence-corrected chi connectivity index (χ4v) is 4.36. The monoisotopic (exact) mass is 416 g/mol. The van der Waals surface area contributed by atoms with Gasteiger partial charge in [-0.2, -0.15) is 0 Å². The van der Waals surface area contributed by atoms with Crippen molar-refractivity contribution in [1.82, 2.24) is 9.47 Å². The van der Waals surface area contributed by atoms with Crippen molar-refractivity contribution < 1.29 is 9.53 Å². The van der Waals surface area contributed by atoms with Crippen molar-refractivity contribution >= 4 is 40.0 Å². The van der Waals surface area contributed by atoms with Crippen LogP contribution in [0.25, 0.3) is 10.9 Å². The molecule has 0 bridgehead atoms. The smallest absolute Gasteiger partial charge is 0.255 e. The van der Waals surface area contributed by atoms with Gasteiger partial charge in [-0.25, -0.2) is 0 Å². The lowest BCUT2D eigenvalue weighted by Crippen LogP contribution is -2.40. The predicted molar refractivity (Wildman–Crippen MR) is 114 cm³/mol. The van der Waals surface area contributed by atoms with Crippen LogP contribution in [0.3, 0.4) is 0 Å². The lowest BCUT2D eigenvalue weighted by atomic mass is 10.0. The molecular formula is C22H22Cl2N2O2. The Bertz CT molecular complexity index is 1050. The van der Waals surface area contributed by atoms with Gasteiger partial charge in [0.1, 0.15) is 0 Å². The lowest BCUT2D eigenvalue weighted by molar-refractivity contribution is 0.0303. The number of benzene rings is 2. The Hall–Kier alpha value is -2.01. The van der Waals surface area contributed by atoms with Crippen molar-refractivity contribution in [2.45, 2.75) is 13.3 Å².